The third kappa shape index (κ3) is 3.32. The van der Waals surface area contributed by atoms with Gasteiger partial charge in [0.25, 0.3) is 0 Å². The minimum atomic E-state index is -0.497. The number of halogens is 1. The van der Waals surface area contributed by atoms with Crippen molar-refractivity contribution in [2.75, 3.05) is 12.8 Å². The number of nitrogens with zero attached hydrogens (tertiary/aromatic N) is 4. The second kappa shape index (κ2) is 7.21. The molecule has 2 atom stereocenters. The van der Waals surface area contributed by atoms with Crippen LogP contribution >= 0.6 is 11.6 Å². The number of nitrogens with two attached hydrogens (primary N) is 1. The Morgan fingerprint density at radius 1 is 1.23 bits per heavy atom. The molecule has 0 aliphatic heterocycles. The zero-order chi connectivity index (χ0) is 21.7. The van der Waals surface area contributed by atoms with Crippen LogP contribution in [0.5, 0.6) is 0 Å². The van der Waals surface area contributed by atoms with Crippen molar-refractivity contribution < 1.29 is 14.3 Å². The second-order valence-electron chi connectivity index (χ2n) is 7.46. The molecule has 3 aromatic heterocycles. The van der Waals surface area contributed by atoms with Gasteiger partial charge in [-0.15, -0.1) is 10.2 Å². The summed E-state index contributed by atoms with van der Waals surface area (Å²) < 4.78 is 6.65. The topological polar surface area (TPSA) is 129 Å². The number of hydrogen-bond donors (Lipinski definition) is 2. The number of carbonyl (C=O) groups excluding carboxylic acids is 2. The number of nitrogens with one attached hydrogen (secondary N) is 1. The van der Waals surface area contributed by atoms with Crippen LogP contribution < -0.4 is 5.73 Å². The number of anilines is 1. The predicted octanol–water partition coefficient (Wildman–Crippen LogP) is 3.05. The van der Waals surface area contributed by atoms with E-state index in [0.717, 1.165) is 22.5 Å². The fourth-order valence-electron chi connectivity index (χ4n) is 3.87. The number of fused-ring (bicyclic) bond motifs is 1. The van der Waals surface area contributed by atoms with Gasteiger partial charge in [0, 0.05) is 34.4 Å². The molecule has 1 aliphatic rings. The van der Waals surface area contributed by atoms with Crippen LogP contribution in [-0.2, 0) is 9.53 Å². The number of hydrogen-bond acceptors (Lipinski definition) is 7. The lowest BCUT2D eigenvalue weighted by Gasteiger charge is -2.09. The molecule has 3 heterocycles. The van der Waals surface area contributed by atoms with Gasteiger partial charge >= 0.3 is 5.97 Å². The van der Waals surface area contributed by atoms with E-state index >= 15 is 0 Å². The molecule has 1 fully saturated rings. The van der Waals surface area contributed by atoms with Crippen molar-refractivity contribution >= 4 is 39.5 Å². The molecule has 2 unspecified atom stereocenters. The van der Waals surface area contributed by atoms with Gasteiger partial charge in [0.2, 0.25) is 5.24 Å². The van der Waals surface area contributed by atoms with E-state index in [4.69, 9.17) is 22.1 Å². The minimum Gasteiger partial charge on any atom is -0.465 e. The van der Waals surface area contributed by atoms with Gasteiger partial charge in [-0.1, -0.05) is 0 Å². The van der Waals surface area contributed by atoms with Crippen molar-refractivity contribution in [3.63, 3.8) is 0 Å². The number of pyridine rings is 1. The maximum atomic E-state index is 12.2. The summed E-state index contributed by atoms with van der Waals surface area (Å²) in [5, 5.41) is 8.04. The SMILES string of the molecule is COC(=O)c1cnc(N)c2[nH]c(-c3cc(C4CC4C(=O)Cl)cc(-n4cnnc4)c3)cc12. The van der Waals surface area contributed by atoms with E-state index < -0.39 is 5.97 Å². The lowest BCUT2D eigenvalue weighted by molar-refractivity contribution is -0.112. The number of rotatable bonds is 5. The quantitative estimate of drug-likeness (QED) is 0.363. The van der Waals surface area contributed by atoms with Crippen molar-refractivity contribution in [2.24, 2.45) is 5.92 Å². The fraction of sp³-hybridized carbons (Fsp3) is 0.190. The monoisotopic (exact) mass is 436 g/mol. The van der Waals surface area contributed by atoms with Gasteiger partial charge in [-0.25, -0.2) is 9.78 Å². The molecule has 0 saturated heterocycles. The zero-order valence-corrected chi connectivity index (χ0v) is 17.1. The van der Waals surface area contributed by atoms with Crippen molar-refractivity contribution in [3.8, 4) is 16.9 Å². The average molecular weight is 437 g/mol. The molecule has 31 heavy (non-hydrogen) atoms. The summed E-state index contributed by atoms with van der Waals surface area (Å²) in [4.78, 5) is 31.1. The van der Waals surface area contributed by atoms with Crippen LogP contribution in [0.3, 0.4) is 0 Å². The number of ether oxygens (including phenoxy) is 1. The predicted molar refractivity (Wildman–Crippen MR) is 114 cm³/mol. The largest absolute Gasteiger partial charge is 0.465 e. The highest BCUT2D eigenvalue weighted by atomic mass is 35.5. The number of aromatic nitrogens is 5. The Morgan fingerprint density at radius 2 is 2.00 bits per heavy atom. The number of methoxy groups -OCH3 is 1. The van der Waals surface area contributed by atoms with Gasteiger partial charge in [0.05, 0.1) is 18.2 Å². The summed E-state index contributed by atoms with van der Waals surface area (Å²) in [5.74, 6) is -0.344. The number of nitrogen functional groups attached to an aromatic ring is 1. The number of aromatic amines is 1. The molecule has 0 bridgehead atoms. The molecular formula is C21H17ClN6O3. The molecule has 3 N–H and O–H groups in total. The van der Waals surface area contributed by atoms with Crippen LogP contribution in [0.15, 0.2) is 43.1 Å². The Kier molecular flexibility index (Phi) is 4.48. The van der Waals surface area contributed by atoms with E-state index in [-0.39, 0.29) is 22.9 Å². The zero-order valence-electron chi connectivity index (χ0n) is 16.4. The first kappa shape index (κ1) is 19.3. The molecule has 0 radical (unpaired) electrons. The number of H-pyrrole nitrogens is 1. The Hall–Kier alpha value is -3.72. The Balaban J connectivity index is 1.67. The summed E-state index contributed by atoms with van der Waals surface area (Å²) in [5.41, 5.74) is 10.3. The van der Waals surface area contributed by atoms with Gasteiger partial charge < -0.3 is 15.5 Å². The smallest absolute Gasteiger partial charge is 0.340 e. The first-order chi connectivity index (χ1) is 15.0. The third-order valence-electron chi connectivity index (χ3n) is 5.58. The van der Waals surface area contributed by atoms with Crippen molar-refractivity contribution in [3.05, 3.63) is 54.2 Å². The van der Waals surface area contributed by atoms with E-state index in [1.807, 2.05) is 24.3 Å². The Bertz CT molecular complexity index is 1330. The van der Waals surface area contributed by atoms with Crippen molar-refractivity contribution in [1.29, 1.82) is 0 Å². The second-order valence-corrected chi connectivity index (χ2v) is 7.83. The highest BCUT2D eigenvalue weighted by Gasteiger charge is 2.43. The molecule has 156 valence electrons. The van der Waals surface area contributed by atoms with Crippen molar-refractivity contribution in [1.82, 2.24) is 24.7 Å². The van der Waals surface area contributed by atoms with Gasteiger partial charge in [-0.3, -0.25) is 9.36 Å². The van der Waals surface area contributed by atoms with E-state index in [1.165, 1.54) is 13.3 Å². The average Bonchev–Trinajstić information content (AvgIpc) is 3.17. The minimum absolute atomic E-state index is 0.0573. The summed E-state index contributed by atoms with van der Waals surface area (Å²) in [6, 6.07) is 7.80. The molecule has 9 nitrogen and oxygen atoms in total. The van der Waals surface area contributed by atoms with Crippen LogP contribution in [0, 0.1) is 5.92 Å². The van der Waals surface area contributed by atoms with E-state index in [1.54, 1.807) is 17.2 Å². The summed E-state index contributed by atoms with van der Waals surface area (Å²) in [6.07, 6.45) is 5.31. The van der Waals surface area contributed by atoms with Gasteiger partial charge in [0.15, 0.2) is 0 Å². The van der Waals surface area contributed by atoms with Crippen LogP contribution in [0.4, 0.5) is 5.82 Å². The summed E-state index contributed by atoms with van der Waals surface area (Å²) >= 11 is 5.71. The molecule has 5 rings (SSSR count). The standard InChI is InChI=1S/C21H17ClN6O3/c1-31-21(30)16-7-24-20(23)18-14(16)6-17(27-18)11-2-10(13-5-15(13)19(22)29)3-12(4-11)28-8-25-26-9-28/h2-4,6-9,13,15,27H,5H2,1H3,(H2,23,24). The molecule has 4 aromatic rings. The summed E-state index contributed by atoms with van der Waals surface area (Å²) in [6.45, 7) is 0. The first-order valence-corrected chi connectivity index (χ1v) is 9.89. The normalized spacial score (nSPS) is 17.6. The molecule has 1 aliphatic carbocycles. The first-order valence-electron chi connectivity index (χ1n) is 9.51. The highest BCUT2D eigenvalue weighted by molar-refractivity contribution is 6.64. The van der Waals surface area contributed by atoms with Crippen LogP contribution in [-0.4, -0.2) is 43.1 Å². The van der Waals surface area contributed by atoms with Crippen LogP contribution in [0.1, 0.15) is 28.3 Å². The molecule has 1 saturated carbocycles. The lowest BCUT2D eigenvalue weighted by Crippen LogP contribution is -2.03. The fourth-order valence-corrected chi connectivity index (χ4v) is 4.11. The Morgan fingerprint density at radius 3 is 2.68 bits per heavy atom. The highest BCUT2D eigenvalue weighted by Crippen LogP contribution is 2.49. The molecule has 0 spiro atoms. The van der Waals surface area contributed by atoms with Crippen LogP contribution in [0.2, 0.25) is 0 Å². The number of carbonyl (C=O) groups is 2. The number of benzene rings is 1. The van der Waals surface area contributed by atoms with Crippen molar-refractivity contribution in [2.45, 2.75) is 12.3 Å². The van der Waals surface area contributed by atoms with E-state index in [0.29, 0.717) is 22.9 Å². The summed E-state index contributed by atoms with van der Waals surface area (Å²) in [7, 11) is 1.32. The lowest BCUT2D eigenvalue weighted by atomic mass is 10.0. The molecule has 1 aromatic carbocycles. The van der Waals surface area contributed by atoms with E-state index in [2.05, 4.69) is 20.2 Å². The number of esters is 1. The van der Waals surface area contributed by atoms with E-state index in [9.17, 15) is 9.59 Å². The van der Waals surface area contributed by atoms with Gasteiger partial charge in [-0.2, -0.15) is 0 Å². The molecular weight excluding hydrogens is 420 g/mol. The Labute approximate surface area is 181 Å². The maximum Gasteiger partial charge on any atom is 0.340 e. The molecule has 0 amide bonds. The van der Waals surface area contributed by atoms with Gasteiger partial charge in [0.1, 0.15) is 18.5 Å². The molecule has 10 heteroatoms. The third-order valence-corrected chi connectivity index (χ3v) is 5.86. The maximum absolute atomic E-state index is 12.2. The van der Waals surface area contributed by atoms with Gasteiger partial charge in [-0.05, 0) is 53.8 Å². The van der Waals surface area contributed by atoms with Crippen LogP contribution in [0.25, 0.3) is 27.8 Å².